The zero-order valence-electron chi connectivity index (χ0n) is 7.76. The molecule has 0 bridgehead atoms. The molecule has 0 fully saturated rings. The molecule has 11 heavy (non-hydrogen) atoms. The Labute approximate surface area is 68.2 Å². The zero-order chi connectivity index (χ0) is 9.07. The second-order valence-corrected chi connectivity index (χ2v) is 4.15. The van der Waals surface area contributed by atoms with Crippen LogP contribution in [0.1, 0.15) is 13.3 Å². The molecule has 0 aromatic heterocycles. The Morgan fingerprint density at radius 3 is 2.18 bits per heavy atom. The van der Waals surface area contributed by atoms with Crippen molar-refractivity contribution in [1.82, 2.24) is 0 Å². The Kier molecular flexibility index (Phi) is 3.52. The van der Waals surface area contributed by atoms with E-state index in [1.54, 1.807) is 0 Å². The SMILES string of the molecule is C[C@H](CC(=O)[O-])C[N+](C)(C)C. The van der Waals surface area contributed by atoms with E-state index in [1.165, 1.54) is 0 Å². The standard InChI is InChI=1S/C8H17NO2/c1-7(5-8(10)11)6-9(2,3)4/h7H,5-6H2,1-4H3/t7-/m1/s1. The predicted molar refractivity (Wildman–Crippen MR) is 41.7 cm³/mol. The summed E-state index contributed by atoms with van der Waals surface area (Å²) in [7, 11) is 6.14. The first-order chi connectivity index (χ1) is 4.81. The summed E-state index contributed by atoms with van der Waals surface area (Å²) in [5, 5.41) is 10.2. The number of hydrogen-bond acceptors (Lipinski definition) is 2. The van der Waals surface area contributed by atoms with Crippen molar-refractivity contribution in [1.29, 1.82) is 0 Å². The molecule has 0 spiro atoms. The molecule has 1 atom stereocenters. The van der Waals surface area contributed by atoms with E-state index in [0.717, 1.165) is 11.0 Å². The monoisotopic (exact) mass is 159 g/mol. The van der Waals surface area contributed by atoms with Gasteiger partial charge in [0, 0.05) is 11.9 Å². The maximum Gasteiger partial charge on any atom is 0.0809 e. The number of nitrogens with zero attached hydrogens (tertiary/aromatic N) is 1. The Hall–Kier alpha value is -0.570. The van der Waals surface area contributed by atoms with Gasteiger partial charge in [-0.1, -0.05) is 6.92 Å². The van der Waals surface area contributed by atoms with E-state index in [1.807, 2.05) is 28.1 Å². The van der Waals surface area contributed by atoms with Gasteiger partial charge >= 0.3 is 0 Å². The molecule has 0 unspecified atom stereocenters. The summed E-state index contributed by atoms with van der Waals surface area (Å²) in [6, 6.07) is 0. The first-order valence-electron chi connectivity index (χ1n) is 3.81. The Bertz CT molecular complexity index is 138. The number of carbonyl (C=O) groups is 1. The molecule has 0 amide bonds. The van der Waals surface area contributed by atoms with Crippen LogP contribution in [0.3, 0.4) is 0 Å². The van der Waals surface area contributed by atoms with Crippen LogP contribution in [0, 0.1) is 5.92 Å². The van der Waals surface area contributed by atoms with Crippen molar-refractivity contribution in [2.75, 3.05) is 27.7 Å². The highest BCUT2D eigenvalue weighted by atomic mass is 16.4. The lowest BCUT2D eigenvalue weighted by atomic mass is 10.1. The fourth-order valence-corrected chi connectivity index (χ4v) is 1.28. The third kappa shape index (κ3) is 7.33. The first-order valence-corrected chi connectivity index (χ1v) is 3.81. The molecule has 0 saturated carbocycles. The second-order valence-electron chi connectivity index (χ2n) is 4.15. The topological polar surface area (TPSA) is 40.1 Å². The highest BCUT2D eigenvalue weighted by Crippen LogP contribution is 2.05. The van der Waals surface area contributed by atoms with Gasteiger partial charge in [-0.25, -0.2) is 0 Å². The van der Waals surface area contributed by atoms with Gasteiger partial charge in [0.2, 0.25) is 0 Å². The summed E-state index contributed by atoms with van der Waals surface area (Å²) in [6.07, 6.45) is 0.162. The summed E-state index contributed by atoms with van der Waals surface area (Å²) in [5.41, 5.74) is 0. The van der Waals surface area contributed by atoms with Crippen LogP contribution >= 0.6 is 0 Å². The molecule has 0 radical (unpaired) electrons. The fourth-order valence-electron chi connectivity index (χ4n) is 1.28. The van der Waals surface area contributed by atoms with Crippen LogP contribution in [0.25, 0.3) is 0 Å². The molecule has 0 aliphatic heterocycles. The molecule has 0 aliphatic rings. The van der Waals surface area contributed by atoms with Gasteiger partial charge in [-0.05, 0) is 6.42 Å². The largest absolute Gasteiger partial charge is 0.550 e. The number of rotatable bonds is 4. The Morgan fingerprint density at radius 1 is 1.45 bits per heavy atom. The summed E-state index contributed by atoms with van der Waals surface area (Å²) < 4.78 is 0.800. The number of carbonyl (C=O) groups excluding carboxylic acids is 1. The van der Waals surface area contributed by atoms with Gasteiger partial charge in [0.1, 0.15) is 0 Å². The number of hydrogen-bond donors (Lipinski definition) is 0. The molecule has 3 heteroatoms. The van der Waals surface area contributed by atoms with Gasteiger partial charge in [-0.2, -0.15) is 0 Å². The summed E-state index contributed by atoms with van der Waals surface area (Å²) in [5.74, 6) is -0.758. The lowest BCUT2D eigenvalue weighted by Gasteiger charge is -2.27. The van der Waals surface area contributed by atoms with E-state index in [9.17, 15) is 9.90 Å². The van der Waals surface area contributed by atoms with E-state index < -0.39 is 5.97 Å². The van der Waals surface area contributed by atoms with E-state index in [2.05, 4.69) is 0 Å². The zero-order valence-corrected chi connectivity index (χ0v) is 7.76. The van der Waals surface area contributed by atoms with Gasteiger partial charge in [0.15, 0.2) is 0 Å². The smallest absolute Gasteiger partial charge is 0.0809 e. The minimum Gasteiger partial charge on any atom is -0.550 e. The molecular formula is C8H17NO2. The molecule has 0 aromatic rings. The molecule has 0 saturated heterocycles. The van der Waals surface area contributed by atoms with E-state index >= 15 is 0 Å². The summed E-state index contributed by atoms with van der Waals surface area (Å²) in [6.45, 7) is 2.80. The maximum atomic E-state index is 10.2. The first kappa shape index (κ1) is 10.4. The summed E-state index contributed by atoms with van der Waals surface area (Å²) in [4.78, 5) is 10.2. The molecular weight excluding hydrogens is 142 g/mol. The summed E-state index contributed by atoms with van der Waals surface area (Å²) >= 11 is 0. The number of carboxylic acid groups (broad SMARTS) is 1. The normalized spacial score (nSPS) is 14.5. The van der Waals surface area contributed by atoms with Crippen LogP contribution in [0.2, 0.25) is 0 Å². The number of quaternary nitrogens is 1. The van der Waals surface area contributed by atoms with Crippen molar-refractivity contribution in [2.24, 2.45) is 5.92 Å². The molecule has 0 aliphatic carbocycles. The third-order valence-corrected chi connectivity index (χ3v) is 1.37. The lowest BCUT2D eigenvalue weighted by molar-refractivity contribution is -0.873. The molecule has 0 N–H and O–H groups in total. The van der Waals surface area contributed by atoms with Crippen molar-refractivity contribution in [3.05, 3.63) is 0 Å². The van der Waals surface area contributed by atoms with E-state index in [-0.39, 0.29) is 12.3 Å². The average Bonchev–Trinajstić information content (AvgIpc) is 1.53. The van der Waals surface area contributed by atoms with E-state index in [0.29, 0.717) is 0 Å². The third-order valence-electron chi connectivity index (χ3n) is 1.37. The van der Waals surface area contributed by atoms with Gasteiger partial charge in [0.25, 0.3) is 0 Å². The lowest BCUT2D eigenvalue weighted by Crippen LogP contribution is -2.40. The van der Waals surface area contributed by atoms with Crippen molar-refractivity contribution < 1.29 is 14.4 Å². The highest BCUT2D eigenvalue weighted by Gasteiger charge is 2.13. The van der Waals surface area contributed by atoms with Gasteiger partial charge < -0.3 is 14.4 Å². The van der Waals surface area contributed by atoms with Crippen LogP contribution in [0.5, 0.6) is 0 Å². The highest BCUT2D eigenvalue weighted by molar-refractivity contribution is 5.64. The Morgan fingerprint density at radius 2 is 1.91 bits per heavy atom. The van der Waals surface area contributed by atoms with Crippen molar-refractivity contribution in [3.8, 4) is 0 Å². The second kappa shape index (κ2) is 3.72. The number of carboxylic acids is 1. The molecule has 0 rings (SSSR count). The van der Waals surface area contributed by atoms with E-state index in [4.69, 9.17) is 0 Å². The Balaban J connectivity index is 3.69. The maximum absolute atomic E-state index is 10.2. The fraction of sp³-hybridized carbons (Fsp3) is 0.875. The van der Waals surface area contributed by atoms with Crippen LogP contribution in [-0.4, -0.2) is 38.1 Å². The quantitative estimate of drug-likeness (QED) is 0.517. The van der Waals surface area contributed by atoms with Crippen molar-refractivity contribution >= 4 is 5.97 Å². The van der Waals surface area contributed by atoms with Crippen molar-refractivity contribution in [2.45, 2.75) is 13.3 Å². The van der Waals surface area contributed by atoms with Gasteiger partial charge in [-0.3, -0.25) is 0 Å². The van der Waals surface area contributed by atoms with Crippen molar-refractivity contribution in [3.63, 3.8) is 0 Å². The van der Waals surface area contributed by atoms with Crippen LogP contribution < -0.4 is 5.11 Å². The molecule has 66 valence electrons. The van der Waals surface area contributed by atoms with Gasteiger partial charge in [0.05, 0.1) is 27.7 Å². The predicted octanol–water partition coefficient (Wildman–Crippen LogP) is -0.531. The van der Waals surface area contributed by atoms with Gasteiger partial charge in [-0.15, -0.1) is 0 Å². The molecule has 0 aromatic carbocycles. The van der Waals surface area contributed by atoms with Crippen LogP contribution in [0.4, 0.5) is 0 Å². The minimum atomic E-state index is -0.953. The molecule has 0 heterocycles. The molecule has 3 nitrogen and oxygen atoms in total. The minimum absolute atomic E-state index is 0.162. The number of aliphatic carboxylic acids is 1. The van der Waals surface area contributed by atoms with Crippen LogP contribution in [-0.2, 0) is 4.79 Å². The van der Waals surface area contributed by atoms with Crippen LogP contribution in [0.15, 0.2) is 0 Å². The average molecular weight is 159 g/mol.